The van der Waals surface area contributed by atoms with Gasteiger partial charge in [0.25, 0.3) is 0 Å². The summed E-state index contributed by atoms with van der Waals surface area (Å²) < 4.78 is 0. The molecule has 0 bridgehead atoms. The number of halogens is 1. The highest BCUT2D eigenvalue weighted by Crippen LogP contribution is 2.33. The number of aromatic hydroxyl groups is 1. The zero-order valence-corrected chi connectivity index (χ0v) is 15.7. The Morgan fingerprint density at radius 1 is 0.923 bits per heavy atom. The number of aliphatic hydroxyl groups is 1. The van der Waals surface area contributed by atoms with Crippen molar-refractivity contribution in [3.8, 4) is 5.75 Å². The van der Waals surface area contributed by atoms with E-state index in [2.05, 4.69) is 29.6 Å². The van der Waals surface area contributed by atoms with Crippen LogP contribution in [-0.2, 0) is 13.0 Å². The highest BCUT2D eigenvalue weighted by atomic mass is 35.5. The maximum absolute atomic E-state index is 9.97. The topological polar surface area (TPSA) is 52.5 Å². The minimum Gasteiger partial charge on any atom is -0.506 e. The summed E-state index contributed by atoms with van der Waals surface area (Å²) in [5, 5.41) is 22.8. The van der Waals surface area contributed by atoms with Crippen molar-refractivity contribution in [1.82, 2.24) is 0 Å². The maximum atomic E-state index is 9.97. The Morgan fingerprint density at radius 2 is 1.65 bits per heavy atom. The molecule has 3 nitrogen and oxygen atoms in total. The fourth-order valence-corrected chi connectivity index (χ4v) is 3.84. The fraction of sp³-hybridized carbons (Fsp3) is 0.143. The summed E-state index contributed by atoms with van der Waals surface area (Å²) >= 11 is 7.83. The first kappa shape index (κ1) is 18.6. The van der Waals surface area contributed by atoms with E-state index in [4.69, 9.17) is 16.7 Å². The monoisotopic (exact) mass is 385 g/mol. The van der Waals surface area contributed by atoms with Crippen molar-refractivity contribution in [2.75, 3.05) is 11.9 Å². The van der Waals surface area contributed by atoms with Gasteiger partial charge < -0.3 is 15.5 Å². The van der Waals surface area contributed by atoms with Gasteiger partial charge in [0.15, 0.2) is 0 Å². The molecule has 0 atom stereocenters. The zero-order valence-electron chi connectivity index (χ0n) is 14.2. The van der Waals surface area contributed by atoms with E-state index >= 15 is 0 Å². The van der Waals surface area contributed by atoms with E-state index in [9.17, 15) is 5.11 Å². The number of benzene rings is 3. The minimum absolute atomic E-state index is 0.0336. The van der Waals surface area contributed by atoms with Gasteiger partial charge in [-0.25, -0.2) is 0 Å². The average molecular weight is 386 g/mol. The molecule has 0 spiro atoms. The standard InChI is InChI=1S/C21H20ClNO2S/c22-19-13-17(12-15(10-11-24)21(19)25)23-14-16-6-4-5-9-20(16)26-18-7-2-1-3-8-18/h1-9,12-13,23-25H,10-11,14H2. The van der Waals surface area contributed by atoms with Gasteiger partial charge >= 0.3 is 0 Å². The molecule has 0 aliphatic rings. The first-order chi connectivity index (χ1) is 12.7. The highest BCUT2D eigenvalue weighted by Gasteiger charge is 2.09. The number of hydrogen-bond acceptors (Lipinski definition) is 4. The summed E-state index contributed by atoms with van der Waals surface area (Å²) in [4.78, 5) is 2.38. The third-order valence-corrected chi connectivity index (χ3v) is 5.36. The SMILES string of the molecule is OCCc1cc(NCc2ccccc2Sc2ccccc2)cc(Cl)c1O. The molecule has 0 unspecified atom stereocenters. The van der Waals surface area contributed by atoms with Gasteiger partial charge in [-0.3, -0.25) is 0 Å². The third-order valence-electron chi connectivity index (χ3n) is 3.95. The second-order valence-electron chi connectivity index (χ2n) is 5.82. The van der Waals surface area contributed by atoms with E-state index in [1.54, 1.807) is 17.8 Å². The Kier molecular flexibility index (Phi) is 6.45. The summed E-state index contributed by atoms with van der Waals surface area (Å²) in [7, 11) is 0. The van der Waals surface area contributed by atoms with Crippen molar-refractivity contribution in [3.05, 3.63) is 82.9 Å². The average Bonchev–Trinajstić information content (AvgIpc) is 2.66. The predicted molar refractivity (Wildman–Crippen MR) is 108 cm³/mol. The molecule has 0 aliphatic carbocycles. The molecule has 3 N–H and O–H groups in total. The van der Waals surface area contributed by atoms with Crippen molar-refractivity contribution in [2.24, 2.45) is 0 Å². The predicted octanol–water partition coefficient (Wildman–Crippen LogP) is 5.34. The molecular formula is C21H20ClNO2S. The molecule has 3 aromatic carbocycles. The Hall–Kier alpha value is -2.14. The van der Waals surface area contributed by atoms with Crippen LogP contribution in [-0.4, -0.2) is 16.8 Å². The van der Waals surface area contributed by atoms with Crippen molar-refractivity contribution in [1.29, 1.82) is 0 Å². The highest BCUT2D eigenvalue weighted by molar-refractivity contribution is 7.99. The number of anilines is 1. The molecule has 0 saturated carbocycles. The second kappa shape index (κ2) is 8.99. The summed E-state index contributed by atoms with van der Waals surface area (Å²) in [5.74, 6) is 0.0336. The molecule has 3 rings (SSSR count). The van der Waals surface area contributed by atoms with Gasteiger partial charge in [-0.1, -0.05) is 59.8 Å². The lowest BCUT2D eigenvalue weighted by Crippen LogP contribution is -2.02. The van der Waals surface area contributed by atoms with Gasteiger partial charge in [-0.15, -0.1) is 0 Å². The first-order valence-electron chi connectivity index (χ1n) is 8.34. The van der Waals surface area contributed by atoms with Gasteiger partial charge in [-0.2, -0.15) is 0 Å². The molecule has 0 heterocycles. The molecule has 0 fully saturated rings. The molecule has 3 aromatic rings. The largest absolute Gasteiger partial charge is 0.506 e. The normalized spacial score (nSPS) is 10.7. The molecule has 0 radical (unpaired) electrons. The molecule has 5 heteroatoms. The Morgan fingerprint density at radius 3 is 2.42 bits per heavy atom. The zero-order chi connectivity index (χ0) is 18.4. The summed E-state index contributed by atoms with van der Waals surface area (Å²) in [6.07, 6.45) is 0.363. The van der Waals surface area contributed by atoms with Crippen molar-refractivity contribution in [3.63, 3.8) is 0 Å². The van der Waals surface area contributed by atoms with Crippen LogP contribution in [0.3, 0.4) is 0 Å². The smallest absolute Gasteiger partial charge is 0.137 e. The summed E-state index contributed by atoms with van der Waals surface area (Å²) in [5.41, 5.74) is 2.62. The molecule has 0 amide bonds. The van der Waals surface area contributed by atoms with Gasteiger partial charge in [0, 0.05) is 28.6 Å². The summed E-state index contributed by atoms with van der Waals surface area (Å²) in [6, 6.07) is 22.0. The van der Waals surface area contributed by atoms with Crippen LogP contribution in [0.25, 0.3) is 0 Å². The van der Waals surface area contributed by atoms with E-state index in [-0.39, 0.29) is 17.4 Å². The number of hydrogen-bond donors (Lipinski definition) is 3. The Labute approximate surface area is 162 Å². The number of nitrogens with one attached hydrogen (secondary N) is 1. The van der Waals surface area contributed by atoms with Gasteiger partial charge in [0.2, 0.25) is 0 Å². The number of phenols is 1. The van der Waals surface area contributed by atoms with Crippen molar-refractivity contribution in [2.45, 2.75) is 22.8 Å². The number of phenolic OH excluding ortho intramolecular Hbond substituents is 1. The van der Waals surface area contributed by atoms with Crippen LogP contribution < -0.4 is 5.32 Å². The minimum atomic E-state index is -0.0378. The Bertz CT molecular complexity index is 871. The number of aliphatic hydroxyl groups excluding tert-OH is 1. The van der Waals surface area contributed by atoms with Crippen LogP contribution in [0.1, 0.15) is 11.1 Å². The quantitative estimate of drug-likeness (QED) is 0.480. The van der Waals surface area contributed by atoms with Crippen LogP contribution in [0.5, 0.6) is 5.75 Å². The lowest BCUT2D eigenvalue weighted by Gasteiger charge is -2.13. The van der Waals surface area contributed by atoms with Crippen LogP contribution in [0.15, 0.2) is 76.5 Å². The molecule has 0 aliphatic heterocycles. The van der Waals surface area contributed by atoms with Gasteiger partial charge in [-0.05, 0) is 47.9 Å². The molecule has 134 valence electrons. The molecule has 26 heavy (non-hydrogen) atoms. The number of rotatable bonds is 7. The maximum Gasteiger partial charge on any atom is 0.137 e. The van der Waals surface area contributed by atoms with E-state index in [0.29, 0.717) is 18.5 Å². The lowest BCUT2D eigenvalue weighted by atomic mass is 10.1. The lowest BCUT2D eigenvalue weighted by molar-refractivity contribution is 0.297. The van der Waals surface area contributed by atoms with E-state index in [1.807, 2.05) is 36.4 Å². The van der Waals surface area contributed by atoms with E-state index in [1.165, 1.54) is 15.4 Å². The fourth-order valence-electron chi connectivity index (χ4n) is 2.63. The third kappa shape index (κ3) is 4.73. The van der Waals surface area contributed by atoms with Crippen LogP contribution in [0.4, 0.5) is 5.69 Å². The molecule has 0 saturated heterocycles. The Balaban J connectivity index is 1.76. The second-order valence-corrected chi connectivity index (χ2v) is 7.34. The summed E-state index contributed by atoms with van der Waals surface area (Å²) in [6.45, 7) is 0.597. The van der Waals surface area contributed by atoms with Gasteiger partial charge in [0.05, 0.1) is 5.02 Å². The first-order valence-corrected chi connectivity index (χ1v) is 9.53. The van der Waals surface area contributed by atoms with E-state index < -0.39 is 0 Å². The van der Waals surface area contributed by atoms with Crippen LogP contribution in [0.2, 0.25) is 5.02 Å². The van der Waals surface area contributed by atoms with Crippen LogP contribution >= 0.6 is 23.4 Å². The van der Waals surface area contributed by atoms with Crippen molar-refractivity contribution >= 4 is 29.1 Å². The molecule has 0 aromatic heterocycles. The van der Waals surface area contributed by atoms with Crippen LogP contribution in [0, 0.1) is 0 Å². The van der Waals surface area contributed by atoms with Gasteiger partial charge in [0.1, 0.15) is 5.75 Å². The molecular weight excluding hydrogens is 366 g/mol. The van der Waals surface area contributed by atoms with Crippen molar-refractivity contribution < 1.29 is 10.2 Å². The van der Waals surface area contributed by atoms with E-state index in [0.717, 1.165) is 5.69 Å².